The Balaban J connectivity index is 1.82. The zero-order valence-corrected chi connectivity index (χ0v) is 16.3. The Labute approximate surface area is 156 Å². The lowest BCUT2D eigenvalue weighted by Gasteiger charge is -2.44. The number of Topliss-reactive ketones (excluding diaryl/α,β-unsaturated/α-hetero) is 1. The Morgan fingerprint density at radius 1 is 1.00 bits per heavy atom. The van der Waals surface area contributed by atoms with Gasteiger partial charge in [-0.15, -0.1) is 0 Å². The molecular weight excluding hydrogens is 330 g/mol. The predicted molar refractivity (Wildman–Crippen MR) is 101 cm³/mol. The highest BCUT2D eigenvalue weighted by atomic mass is 19.1. The normalized spacial score (nSPS) is 27.5. The molecule has 3 heteroatoms. The summed E-state index contributed by atoms with van der Waals surface area (Å²) in [6.45, 7) is 3.37. The first-order valence-electron chi connectivity index (χ1n) is 10.5. The van der Waals surface area contributed by atoms with Crippen molar-refractivity contribution >= 4 is 5.78 Å². The standard InChI is InChI=1S/C23H32F2O/c1-3-11-23(19-14-20(24)22(16(2)26)21(25)15-19)12-9-18(10-13-23)17-7-5-4-6-8-17/h14-15,17-18H,3-13H2,1-2H3. The predicted octanol–water partition coefficient (Wildman–Crippen LogP) is 6.98. The number of benzene rings is 1. The maximum atomic E-state index is 14.4. The van der Waals surface area contributed by atoms with E-state index in [1.807, 2.05) is 0 Å². The van der Waals surface area contributed by atoms with Crippen molar-refractivity contribution in [2.24, 2.45) is 11.8 Å². The van der Waals surface area contributed by atoms with Crippen molar-refractivity contribution in [3.63, 3.8) is 0 Å². The van der Waals surface area contributed by atoms with Crippen LogP contribution in [-0.4, -0.2) is 5.78 Å². The van der Waals surface area contributed by atoms with Crippen LogP contribution in [0.1, 0.15) is 100 Å². The van der Waals surface area contributed by atoms with E-state index in [0.717, 1.165) is 43.1 Å². The molecule has 0 aromatic heterocycles. The summed E-state index contributed by atoms with van der Waals surface area (Å²) >= 11 is 0. The lowest BCUT2D eigenvalue weighted by Crippen LogP contribution is -2.34. The first kappa shape index (κ1) is 19.5. The largest absolute Gasteiger partial charge is 0.294 e. The number of halogens is 2. The Kier molecular flexibility index (Phi) is 6.14. The van der Waals surface area contributed by atoms with Gasteiger partial charge < -0.3 is 0 Å². The molecule has 0 bridgehead atoms. The molecule has 0 atom stereocenters. The van der Waals surface area contributed by atoms with Gasteiger partial charge in [-0.25, -0.2) is 8.78 Å². The minimum absolute atomic E-state index is 0.128. The summed E-state index contributed by atoms with van der Waals surface area (Å²) in [6, 6.07) is 2.88. The number of ketones is 1. The van der Waals surface area contributed by atoms with Crippen molar-refractivity contribution in [1.29, 1.82) is 0 Å². The highest BCUT2D eigenvalue weighted by molar-refractivity contribution is 5.94. The zero-order valence-electron chi connectivity index (χ0n) is 16.3. The van der Waals surface area contributed by atoms with Crippen LogP contribution in [0.5, 0.6) is 0 Å². The number of rotatable bonds is 5. The van der Waals surface area contributed by atoms with E-state index < -0.39 is 23.0 Å². The number of carbonyl (C=O) groups is 1. The fraction of sp³-hybridized carbons (Fsp3) is 0.696. The van der Waals surface area contributed by atoms with E-state index in [4.69, 9.17) is 0 Å². The van der Waals surface area contributed by atoms with Crippen molar-refractivity contribution < 1.29 is 13.6 Å². The van der Waals surface area contributed by atoms with Crippen LogP contribution in [0.4, 0.5) is 8.78 Å². The van der Waals surface area contributed by atoms with Crippen molar-refractivity contribution in [3.05, 3.63) is 34.9 Å². The molecule has 0 unspecified atom stereocenters. The second-order valence-corrected chi connectivity index (χ2v) is 8.64. The molecule has 2 fully saturated rings. The molecule has 2 saturated carbocycles. The monoisotopic (exact) mass is 362 g/mol. The zero-order chi connectivity index (χ0) is 18.7. The van der Waals surface area contributed by atoms with Crippen molar-refractivity contribution in [3.8, 4) is 0 Å². The van der Waals surface area contributed by atoms with Gasteiger partial charge in [0.25, 0.3) is 0 Å². The van der Waals surface area contributed by atoms with Crippen LogP contribution >= 0.6 is 0 Å². The van der Waals surface area contributed by atoms with Gasteiger partial charge in [0, 0.05) is 0 Å². The minimum atomic E-state index is -0.697. The van der Waals surface area contributed by atoms with E-state index >= 15 is 0 Å². The fourth-order valence-corrected chi connectivity index (χ4v) is 5.65. The molecule has 1 aromatic rings. The molecule has 0 spiro atoms. The van der Waals surface area contributed by atoms with Gasteiger partial charge in [0.1, 0.15) is 11.6 Å². The van der Waals surface area contributed by atoms with E-state index in [2.05, 4.69) is 6.92 Å². The number of hydrogen-bond acceptors (Lipinski definition) is 1. The van der Waals surface area contributed by atoms with Crippen molar-refractivity contribution in [1.82, 2.24) is 0 Å². The molecule has 1 nitrogen and oxygen atoms in total. The molecular formula is C23H32F2O. The summed E-state index contributed by atoms with van der Waals surface area (Å²) in [5.74, 6) is -0.296. The number of hydrogen-bond donors (Lipinski definition) is 0. The third-order valence-corrected chi connectivity index (χ3v) is 7.04. The summed E-state index contributed by atoms with van der Waals surface area (Å²) in [4.78, 5) is 11.5. The molecule has 0 amide bonds. The maximum Gasteiger partial charge on any atom is 0.165 e. The van der Waals surface area contributed by atoms with Crippen LogP contribution in [-0.2, 0) is 5.41 Å². The summed E-state index contributed by atoms with van der Waals surface area (Å²) in [5, 5.41) is 0. The topological polar surface area (TPSA) is 17.1 Å². The van der Waals surface area contributed by atoms with E-state index in [1.165, 1.54) is 64.0 Å². The summed E-state index contributed by atoms with van der Waals surface area (Å²) < 4.78 is 28.9. The van der Waals surface area contributed by atoms with Crippen LogP contribution in [0, 0.1) is 23.5 Å². The molecule has 0 N–H and O–H groups in total. The molecule has 2 aliphatic rings. The third-order valence-electron chi connectivity index (χ3n) is 7.04. The smallest absolute Gasteiger partial charge is 0.165 e. The maximum absolute atomic E-state index is 14.4. The molecule has 2 aliphatic carbocycles. The summed E-state index contributed by atoms with van der Waals surface area (Å²) in [5.41, 5.74) is 0.245. The van der Waals surface area contributed by atoms with Gasteiger partial charge in [-0.1, -0.05) is 45.4 Å². The SMILES string of the molecule is CCCC1(c2cc(F)c(C(C)=O)c(F)c2)CCC(C2CCCCC2)CC1. The molecule has 26 heavy (non-hydrogen) atoms. The first-order valence-corrected chi connectivity index (χ1v) is 10.5. The van der Waals surface area contributed by atoms with Gasteiger partial charge in [0.15, 0.2) is 5.78 Å². The van der Waals surface area contributed by atoms with Crippen molar-refractivity contribution in [2.45, 2.75) is 89.9 Å². The second-order valence-electron chi connectivity index (χ2n) is 8.64. The molecule has 1 aromatic carbocycles. The highest BCUT2D eigenvalue weighted by Gasteiger charge is 2.39. The molecule has 144 valence electrons. The number of carbonyl (C=O) groups excluding carboxylic acids is 1. The average molecular weight is 363 g/mol. The summed E-state index contributed by atoms with van der Waals surface area (Å²) in [6.07, 6.45) is 13.2. The average Bonchev–Trinajstić information content (AvgIpc) is 2.62. The van der Waals surface area contributed by atoms with E-state index in [-0.39, 0.29) is 5.41 Å². The Hall–Kier alpha value is -1.25. The van der Waals surface area contributed by atoms with Gasteiger partial charge in [-0.05, 0) is 74.0 Å². The van der Waals surface area contributed by atoms with Crippen LogP contribution in [0.3, 0.4) is 0 Å². The second kappa shape index (κ2) is 8.19. The summed E-state index contributed by atoms with van der Waals surface area (Å²) in [7, 11) is 0. The van der Waals surface area contributed by atoms with E-state index in [0.29, 0.717) is 0 Å². The lowest BCUT2D eigenvalue weighted by atomic mass is 9.61. The van der Waals surface area contributed by atoms with Gasteiger partial charge >= 0.3 is 0 Å². The van der Waals surface area contributed by atoms with Crippen molar-refractivity contribution in [2.75, 3.05) is 0 Å². The molecule has 0 aliphatic heterocycles. The van der Waals surface area contributed by atoms with Gasteiger partial charge in [0.05, 0.1) is 5.56 Å². The molecule has 3 rings (SSSR count). The van der Waals surface area contributed by atoms with E-state index in [9.17, 15) is 13.6 Å². The van der Waals surface area contributed by atoms with Gasteiger partial charge in [0.2, 0.25) is 0 Å². The van der Waals surface area contributed by atoms with Crippen LogP contribution in [0.25, 0.3) is 0 Å². The van der Waals surface area contributed by atoms with Crippen LogP contribution in [0.2, 0.25) is 0 Å². The lowest BCUT2D eigenvalue weighted by molar-refractivity contribution is 0.100. The molecule has 0 radical (unpaired) electrons. The molecule has 0 saturated heterocycles. The fourth-order valence-electron chi connectivity index (χ4n) is 5.65. The van der Waals surface area contributed by atoms with Gasteiger partial charge in [-0.2, -0.15) is 0 Å². The van der Waals surface area contributed by atoms with Gasteiger partial charge in [-0.3, -0.25) is 4.79 Å². The minimum Gasteiger partial charge on any atom is -0.294 e. The Morgan fingerprint density at radius 3 is 2.04 bits per heavy atom. The van der Waals surface area contributed by atoms with Crippen LogP contribution < -0.4 is 0 Å². The highest BCUT2D eigenvalue weighted by Crippen LogP contribution is 2.49. The molecule has 0 heterocycles. The quantitative estimate of drug-likeness (QED) is 0.517. The third kappa shape index (κ3) is 3.87. The first-order chi connectivity index (χ1) is 12.5. The van der Waals surface area contributed by atoms with Crippen LogP contribution in [0.15, 0.2) is 12.1 Å². The van der Waals surface area contributed by atoms with E-state index in [1.54, 1.807) is 0 Å². The Bertz CT molecular complexity index is 615. The Morgan fingerprint density at radius 2 is 1.54 bits per heavy atom.